The summed E-state index contributed by atoms with van der Waals surface area (Å²) in [5.74, 6) is 0.762. The van der Waals surface area contributed by atoms with E-state index in [1.807, 2.05) is 6.92 Å². The lowest BCUT2D eigenvalue weighted by Crippen LogP contribution is -2.26. The van der Waals surface area contributed by atoms with E-state index in [2.05, 4.69) is 14.7 Å². The molecule has 1 aromatic rings. The highest BCUT2D eigenvalue weighted by atomic mass is 32.1. The van der Waals surface area contributed by atoms with Gasteiger partial charge in [0.25, 0.3) is 0 Å². The lowest BCUT2D eigenvalue weighted by atomic mass is 10.2. The number of rotatable bonds is 6. The Morgan fingerprint density at radius 3 is 2.93 bits per heavy atom. The van der Waals surface area contributed by atoms with E-state index in [0.717, 1.165) is 11.0 Å². The lowest BCUT2D eigenvalue weighted by Gasteiger charge is -2.15. The van der Waals surface area contributed by atoms with Gasteiger partial charge in [0, 0.05) is 25.2 Å². The molecular weight excluding hydrogens is 202 g/mol. The first-order chi connectivity index (χ1) is 6.76. The summed E-state index contributed by atoms with van der Waals surface area (Å²) in [7, 11) is 1.64. The van der Waals surface area contributed by atoms with E-state index in [-0.39, 0.29) is 12.6 Å². The minimum atomic E-state index is 0.0948. The molecule has 0 spiro atoms. The fraction of sp³-hybridized carbons (Fsp3) is 0.750. The maximum Gasteiger partial charge on any atom is 0.202 e. The van der Waals surface area contributed by atoms with Crippen LogP contribution in [0, 0.1) is 6.92 Å². The van der Waals surface area contributed by atoms with Gasteiger partial charge in [-0.15, -0.1) is 0 Å². The van der Waals surface area contributed by atoms with Crippen molar-refractivity contribution in [3.05, 3.63) is 5.82 Å². The van der Waals surface area contributed by atoms with Crippen LogP contribution in [0.15, 0.2) is 0 Å². The quantitative estimate of drug-likeness (QED) is 0.732. The van der Waals surface area contributed by atoms with Gasteiger partial charge in [-0.3, -0.25) is 0 Å². The summed E-state index contributed by atoms with van der Waals surface area (Å²) in [4.78, 5) is 4.17. The van der Waals surface area contributed by atoms with E-state index < -0.39 is 0 Å². The Labute approximate surface area is 87.3 Å². The molecule has 0 amide bonds. The molecule has 0 saturated carbocycles. The average molecular weight is 217 g/mol. The summed E-state index contributed by atoms with van der Waals surface area (Å²) in [6, 6.07) is 0.0948. The molecule has 1 unspecified atom stereocenters. The molecule has 0 saturated heterocycles. The van der Waals surface area contributed by atoms with Gasteiger partial charge in [0.1, 0.15) is 5.82 Å². The largest absolute Gasteiger partial charge is 0.396 e. The normalized spacial score (nSPS) is 12.8. The van der Waals surface area contributed by atoms with Crippen LogP contribution in [-0.2, 0) is 4.74 Å². The molecule has 2 N–H and O–H groups in total. The molecule has 80 valence electrons. The third-order valence-electron chi connectivity index (χ3n) is 1.70. The SMILES string of the molecule is COCC(CCO)Nc1nc(C)ns1. The van der Waals surface area contributed by atoms with Crippen molar-refractivity contribution in [3.8, 4) is 0 Å². The molecule has 0 aliphatic heterocycles. The molecular formula is C8H15N3O2S. The number of anilines is 1. The van der Waals surface area contributed by atoms with Gasteiger partial charge in [-0.25, -0.2) is 4.98 Å². The second-order valence-electron chi connectivity index (χ2n) is 2.96. The summed E-state index contributed by atoms with van der Waals surface area (Å²) in [5.41, 5.74) is 0. The zero-order valence-electron chi connectivity index (χ0n) is 8.36. The Balaban J connectivity index is 2.46. The average Bonchev–Trinajstić information content (AvgIpc) is 2.52. The molecule has 1 aromatic heterocycles. The zero-order valence-corrected chi connectivity index (χ0v) is 9.17. The number of aryl methyl sites for hydroxylation is 1. The molecule has 0 aliphatic rings. The van der Waals surface area contributed by atoms with Crippen molar-refractivity contribution in [1.29, 1.82) is 0 Å². The molecule has 0 fully saturated rings. The summed E-state index contributed by atoms with van der Waals surface area (Å²) in [5, 5.41) is 12.8. The second kappa shape index (κ2) is 5.90. The molecule has 0 bridgehead atoms. The number of nitrogens with one attached hydrogen (secondary N) is 1. The van der Waals surface area contributed by atoms with Crippen LogP contribution in [0.2, 0.25) is 0 Å². The smallest absolute Gasteiger partial charge is 0.202 e. The molecule has 1 rings (SSSR count). The van der Waals surface area contributed by atoms with Crippen LogP contribution < -0.4 is 5.32 Å². The van der Waals surface area contributed by atoms with E-state index >= 15 is 0 Å². The van der Waals surface area contributed by atoms with Gasteiger partial charge in [-0.1, -0.05) is 0 Å². The van der Waals surface area contributed by atoms with Gasteiger partial charge >= 0.3 is 0 Å². The van der Waals surface area contributed by atoms with Crippen LogP contribution in [0.3, 0.4) is 0 Å². The minimum Gasteiger partial charge on any atom is -0.396 e. The summed E-state index contributed by atoms with van der Waals surface area (Å²) in [6.45, 7) is 2.54. The van der Waals surface area contributed by atoms with Crippen LogP contribution in [0.1, 0.15) is 12.2 Å². The minimum absolute atomic E-state index is 0.0948. The molecule has 0 radical (unpaired) electrons. The molecule has 1 heterocycles. The number of aromatic nitrogens is 2. The van der Waals surface area contributed by atoms with Gasteiger partial charge in [0.05, 0.1) is 12.6 Å². The highest BCUT2D eigenvalue weighted by molar-refractivity contribution is 7.09. The van der Waals surface area contributed by atoms with Crippen LogP contribution in [0.4, 0.5) is 5.13 Å². The Hall–Kier alpha value is -0.720. The zero-order chi connectivity index (χ0) is 10.4. The number of aliphatic hydroxyl groups is 1. The van der Waals surface area contributed by atoms with Crippen molar-refractivity contribution in [2.24, 2.45) is 0 Å². The second-order valence-corrected chi connectivity index (χ2v) is 3.71. The van der Waals surface area contributed by atoms with E-state index in [1.54, 1.807) is 7.11 Å². The Morgan fingerprint density at radius 2 is 2.43 bits per heavy atom. The van der Waals surface area contributed by atoms with Crippen LogP contribution >= 0.6 is 11.5 Å². The molecule has 14 heavy (non-hydrogen) atoms. The van der Waals surface area contributed by atoms with Crippen molar-refractivity contribution in [3.63, 3.8) is 0 Å². The number of aliphatic hydroxyl groups excluding tert-OH is 1. The molecule has 1 atom stereocenters. The highest BCUT2D eigenvalue weighted by Gasteiger charge is 2.09. The van der Waals surface area contributed by atoms with Crippen molar-refractivity contribution in [2.75, 3.05) is 25.6 Å². The molecule has 6 heteroatoms. The van der Waals surface area contributed by atoms with Gasteiger partial charge < -0.3 is 15.2 Å². The third-order valence-corrected chi connectivity index (χ3v) is 2.44. The predicted octanol–water partition coefficient (Wildman–Crippen LogP) is 0.656. The van der Waals surface area contributed by atoms with Gasteiger partial charge in [0.15, 0.2) is 0 Å². The third kappa shape index (κ3) is 3.57. The van der Waals surface area contributed by atoms with Crippen molar-refractivity contribution >= 4 is 16.7 Å². The Morgan fingerprint density at radius 1 is 1.64 bits per heavy atom. The standard InChI is InChI=1S/C8H15N3O2S/c1-6-9-8(14-11-6)10-7(3-4-12)5-13-2/h7,12H,3-5H2,1-2H3,(H,9,10,11). The number of hydrogen-bond donors (Lipinski definition) is 2. The van der Waals surface area contributed by atoms with Crippen LogP contribution in [0.5, 0.6) is 0 Å². The lowest BCUT2D eigenvalue weighted by molar-refractivity contribution is 0.170. The van der Waals surface area contributed by atoms with Crippen LogP contribution in [-0.4, -0.2) is 40.8 Å². The maximum absolute atomic E-state index is 8.82. The fourth-order valence-electron chi connectivity index (χ4n) is 1.08. The van der Waals surface area contributed by atoms with Crippen LogP contribution in [0.25, 0.3) is 0 Å². The van der Waals surface area contributed by atoms with E-state index in [0.29, 0.717) is 13.0 Å². The molecule has 0 aromatic carbocycles. The summed E-state index contributed by atoms with van der Waals surface area (Å²) < 4.78 is 9.07. The van der Waals surface area contributed by atoms with Crippen molar-refractivity contribution < 1.29 is 9.84 Å². The summed E-state index contributed by atoms with van der Waals surface area (Å²) in [6.07, 6.45) is 0.645. The first-order valence-corrected chi connectivity index (χ1v) is 5.20. The number of nitrogens with zero attached hydrogens (tertiary/aromatic N) is 2. The predicted molar refractivity (Wildman–Crippen MR) is 55.6 cm³/mol. The van der Waals surface area contributed by atoms with Crippen molar-refractivity contribution in [2.45, 2.75) is 19.4 Å². The first kappa shape index (κ1) is 11.4. The number of ether oxygens (including phenoxy) is 1. The molecule has 5 nitrogen and oxygen atoms in total. The Bertz CT molecular complexity index is 261. The Kier molecular flexibility index (Phi) is 4.78. The monoisotopic (exact) mass is 217 g/mol. The molecule has 0 aliphatic carbocycles. The van der Waals surface area contributed by atoms with Crippen molar-refractivity contribution in [1.82, 2.24) is 9.36 Å². The van der Waals surface area contributed by atoms with Gasteiger partial charge in [-0.2, -0.15) is 4.37 Å². The van der Waals surface area contributed by atoms with Gasteiger partial charge in [-0.05, 0) is 13.3 Å². The van der Waals surface area contributed by atoms with E-state index in [9.17, 15) is 0 Å². The summed E-state index contributed by atoms with van der Waals surface area (Å²) >= 11 is 1.32. The number of hydrogen-bond acceptors (Lipinski definition) is 6. The highest BCUT2D eigenvalue weighted by Crippen LogP contribution is 2.12. The topological polar surface area (TPSA) is 67.3 Å². The first-order valence-electron chi connectivity index (χ1n) is 4.43. The maximum atomic E-state index is 8.82. The number of methoxy groups -OCH3 is 1. The van der Waals surface area contributed by atoms with E-state index in [4.69, 9.17) is 9.84 Å². The fourth-order valence-corrected chi connectivity index (χ4v) is 1.74. The van der Waals surface area contributed by atoms with Gasteiger partial charge in [0.2, 0.25) is 5.13 Å². The van der Waals surface area contributed by atoms with E-state index in [1.165, 1.54) is 11.5 Å².